The van der Waals surface area contributed by atoms with E-state index >= 15 is 0 Å². The normalized spacial score (nSPS) is 17.0. The molecular weight excluding hydrogens is 352 g/mol. The van der Waals surface area contributed by atoms with Crippen LogP contribution in [0.2, 0.25) is 0 Å². The minimum Gasteiger partial charge on any atom is -0.368 e. The van der Waals surface area contributed by atoms with Crippen LogP contribution in [0.4, 0.5) is 0 Å². The lowest BCUT2D eigenvalue weighted by atomic mass is 9.96. The highest BCUT2D eigenvalue weighted by molar-refractivity contribution is 5.90. The van der Waals surface area contributed by atoms with E-state index in [9.17, 15) is 9.59 Å². The Morgan fingerprint density at radius 2 is 1.96 bits per heavy atom. The lowest BCUT2D eigenvalue weighted by molar-refractivity contribution is -0.131. The van der Waals surface area contributed by atoms with E-state index in [1.807, 2.05) is 29.2 Å². The van der Waals surface area contributed by atoms with E-state index in [0.29, 0.717) is 13.0 Å². The smallest absolute Gasteiger partial charge is 0.237 e. The number of aromatic nitrogens is 2. The maximum absolute atomic E-state index is 13.0. The number of rotatable bonds is 5. The Morgan fingerprint density at radius 3 is 2.82 bits per heavy atom. The van der Waals surface area contributed by atoms with Crippen LogP contribution in [0.1, 0.15) is 30.1 Å². The van der Waals surface area contributed by atoms with Crippen molar-refractivity contribution >= 4 is 22.6 Å². The molecule has 0 spiro atoms. The standard InChI is InChI=1S/C22H24N4O2/c23-20(27)15-26-12-10-24-22(26)18-8-4-11-25(14-18)21(28)13-17-7-3-6-16-5-1-2-9-19(16)17/h1-3,5-7,9-10,12,18H,4,8,11,13-15H2,(H2,23,27)/t18-/m1/s1. The Balaban J connectivity index is 1.49. The van der Waals surface area contributed by atoms with Crippen molar-refractivity contribution in [2.75, 3.05) is 13.1 Å². The van der Waals surface area contributed by atoms with Crippen LogP contribution in [-0.4, -0.2) is 39.4 Å². The zero-order chi connectivity index (χ0) is 19.5. The van der Waals surface area contributed by atoms with Crippen molar-refractivity contribution in [2.45, 2.75) is 31.7 Å². The lowest BCUT2D eigenvalue weighted by Gasteiger charge is -2.33. The molecule has 2 aromatic carbocycles. The van der Waals surface area contributed by atoms with E-state index in [1.54, 1.807) is 17.0 Å². The van der Waals surface area contributed by atoms with Crippen LogP contribution in [0, 0.1) is 0 Å². The number of nitrogens with two attached hydrogens (primary N) is 1. The van der Waals surface area contributed by atoms with Crippen molar-refractivity contribution < 1.29 is 9.59 Å². The van der Waals surface area contributed by atoms with Crippen LogP contribution in [0.15, 0.2) is 54.9 Å². The van der Waals surface area contributed by atoms with Gasteiger partial charge in [-0.15, -0.1) is 0 Å². The molecule has 2 heterocycles. The summed E-state index contributed by atoms with van der Waals surface area (Å²) in [5.41, 5.74) is 6.39. The molecule has 1 aromatic heterocycles. The molecule has 1 aliphatic rings. The highest BCUT2D eigenvalue weighted by Crippen LogP contribution is 2.27. The van der Waals surface area contributed by atoms with Gasteiger partial charge in [-0.3, -0.25) is 9.59 Å². The Hall–Kier alpha value is -3.15. The van der Waals surface area contributed by atoms with E-state index < -0.39 is 0 Å². The Morgan fingerprint density at radius 1 is 1.14 bits per heavy atom. The highest BCUT2D eigenvalue weighted by Gasteiger charge is 2.27. The van der Waals surface area contributed by atoms with E-state index in [0.717, 1.165) is 41.5 Å². The predicted molar refractivity (Wildman–Crippen MR) is 108 cm³/mol. The van der Waals surface area contributed by atoms with Gasteiger partial charge < -0.3 is 15.2 Å². The van der Waals surface area contributed by atoms with E-state index in [4.69, 9.17) is 5.73 Å². The van der Waals surface area contributed by atoms with E-state index in [2.05, 4.69) is 23.2 Å². The van der Waals surface area contributed by atoms with Gasteiger partial charge in [0, 0.05) is 31.4 Å². The molecule has 6 nitrogen and oxygen atoms in total. The number of nitrogens with zero attached hydrogens (tertiary/aromatic N) is 3. The number of piperidine rings is 1. The molecular formula is C22H24N4O2. The molecule has 6 heteroatoms. The number of amides is 2. The summed E-state index contributed by atoms with van der Waals surface area (Å²) in [7, 11) is 0. The summed E-state index contributed by atoms with van der Waals surface area (Å²) in [6.07, 6.45) is 5.74. The van der Waals surface area contributed by atoms with Crippen molar-refractivity contribution in [2.24, 2.45) is 5.73 Å². The summed E-state index contributed by atoms with van der Waals surface area (Å²) in [6.45, 7) is 1.51. The molecule has 4 rings (SSSR count). The third-order valence-corrected chi connectivity index (χ3v) is 5.43. The van der Waals surface area contributed by atoms with E-state index in [1.165, 1.54) is 0 Å². The maximum Gasteiger partial charge on any atom is 0.237 e. The van der Waals surface area contributed by atoms with Crippen LogP contribution in [0.5, 0.6) is 0 Å². The van der Waals surface area contributed by atoms with Gasteiger partial charge in [-0.05, 0) is 29.2 Å². The molecule has 1 atom stereocenters. The van der Waals surface area contributed by atoms with E-state index in [-0.39, 0.29) is 24.3 Å². The number of likely N-dealkylation sites (tertiary alicyclic amines) is 1. The van der Waals surface area contributed by atoms with Gasteiger partial charge in [-0.2, -0.15) is 0 Å². The molecule has 1 fully saturated rings. The summed E-state index contributed by atoms with van der Waals surface area (Å²) in [6, 6.07) is 14.3. The van der Waals surface area contributed by atoms with Crippen molar-refractivity contribution in [1.82, 2.24) is 14.5 Å². The van der Waals surface area contributed by atoms with Gasteiger partial charge in [-0.25, -0.2) is 4.98 Å². The SMILES string of the molecule is NC(=O)Cn1ccnc1[C@@H]1CCCN(C(=O)Cc2cccc3ccccc23)C1. The number of fused-ring (bicyclic) bond motifs is 1. The molecule has 0 aliphatic carbocycles. The first-order valence-corrected chi connectivity index (χ1v) is 9.65. The number of benzene rings is 2. The fraction of sp³-hybridized carbons (Fsp3) is 0.318. The summed E-state index contributed by atoms with van der Waals surface area (Å²) in [5.74, 6) is 0.703. The second kappa shape index (κ2) is 7.84. The van der Waals surface area contributed by atoms with Crippen LogP contribution in [0.3, 0.4) is 0 Å². The molecule has 2 amide bonds. The van der Waals surface area contributed by atoms with Crippen LogP contribution < -0.4 is 5.73 Å². The van der Waals surface area contributed by atoms with Gasteiger partial charge in [0.15, 0.2) is 0 Å². The first-order valence-electron chi connectivity index (χ1n) is 9.65. The van der Waals surface area contributed by atoms with Crippen LogP contribution in [0.25, 0.3) is 10.8 Å². The topological polar surface area (TPSA) is 81.2 Å². The molecule has 0 saturated carbocycles. The monoisotopic (exact) mass is 376 g/mol. The van der Waals surface area contributed by atoms with Crippen molar-refractivity contribution in [3.8, 4) is 0 Å². The summed E-state index contributed by atoms with van der Waals surface area (Å²) >= 11 is 0. The minimum absolute atomic E-state index is 0.121. The fourth-order valence-corrected chi connectivity index (χ4v) is 4.12. The average molecular weight is 376 g/mol. The Labute approximate surface area is 164 Å². The van der Waals surface area contributed by atoms with Gasteiger partial charge in [0.1, 0.15) is 12.4 Å². The van der Waals surface area contributed by atoms with Gasteiger partial charge in [0.25, 0.3) is 0 Å². The quantitative estimate of drug-likeness (QED) is 0.743. The number of imidazole rings is 1. The predicted octanol–water partition coefficient (Wildman–Crippen LogP) is 2.47. The first kappa shape index (κ1) is 18.2. The zero-order valence-electron chi connectivity index (χ0n) is 15.8. The summed E-state index contributed by atoms with van der Waals surface area (Å²) in [5, 5.41) is 2.28. The number of hydrogen-bond donors (Lipinski definition) is 1. The fourth-order valence-electron chi connectivity index (χ4n) is 4.12. The third-order valence-electron chi connectivity index (χ3n) is 5.43. The van der Waals surface area contributed by atoms with Crippen molar-refractivity contribution in [3.63, 3.8) is 0 Å². The highest BCUT2D eigenvalue weighted by atomic mass is 16.2. The van der Waals surface area contributed by atoms with Crippen molar-refractivity contribution in [3.05, 3.63) is 66.2 Å². The molecule has 3 aromatic rings. The van der Waals surface area contributed by atoms with Gasteiger partial charge in [0.2, 0.25) is 11.8 Å². The molecule has 1 aliphatic heterocycles. The van der Waals surface area contributed by atoms with Crippen molar-refractivity contribution in [1.29, 1.82) is 0 Å². The van der Waals surface area contributed by atoms with Crippen LogP contribution in [-0.2, 0) is 22.6 Å². The second-order valence-corrected chi connectivity index (χ2v) is 7.37. The lowest BCUT2D eigenvalue weighted by Crippen LogP contribution is -2.40. The largest absolute Gasteiger partial charge is 0.368 e. The average Bonchev–Trinajstić information content (AvgIpc) is 3.16. The molecule has 0 radical (unpaired) electrons. The zero-order valence-corrected chi connectivity index (χ0v) is 15.8. The second-order valence-electron chi connectivity index (χ2n) is 7.37. The Kier molecular flexibility index (Phi) is 5.10. The molecule has 2 N–H and O–H groups in total. The number of primary amides is 1. The Bertz CT molecular complexity index is 1010. The molecule has 144 valence electrons. The summed E-state index contributed by atoms with van der Waals surface area (Å²) < 4.78 is 1.80. The number of hydrogen-bond acceptors (Lipinski definition) is 3. The van der Waals surface area contributed by atoms with Gasteiger partial charge >= 0.3 is 0 Å². The summed E-state index contributed by atoms with van der Waals surface area (Å²) in [4.78, 5) is 30.7. The molecule has 28 heavy (non-hydrogen) atoms. The number of carbonyl (C=O) groups excluding carboxylic acids is 2. The maximum atomic E-state index is 13.0. The van der Waals surface area contributed by atoms with Gasteiger partial charge in [-0.1, -0.05) is 42.5 Å². The third kappa shape index (κ3) is 3.76. The molecule has 0 bridgehead atoms. The van der Waals surface area contributed by atoms with Crippen LogP contribution >= 0.6 is 0 Å². The van der Waals surface area contributed by atoms with Gasteiger partial charge in [0.05, 0.1) is 6.42 Å². The number of carbonyl (C=O) groups is 2. The minimum atomic E-state index is -0.390. The first-order chi connectivity index (χ1) is 13.6. The molecule has 1 saturated heterocycles. The molecule has 0 unspecified atom stereocenters.